The molecule has 0 spiro atoms. The molecule has 3 heteroatoms. The van der Waals surface area contributed by atoms with Crippen molar-refractivity contribution in [3.05, 3.63) is 78.1 Å². The second kappa shape index (κ2) is 6.85. The Kier molecular flexibility index (Phi) is 4.44. The molecule has 3 nitrogen and oxygen atoms in total. The Balaban J connectivity index is 1.54. The van der Waals surface area contributed by atoms with E-state index >= 15 is 0 Å². The summed E-state index contributed by atoms with van der Waals surface area (Å²) in [4.78, 5) is 16.0. The second-order valence-corrected chi connectivity index (χ2v) is 5.16. The fourth-order valence-corrected chi connectivity index (χ4v) is 2.39. The van der Waals surface area contributed by atoms with Crippen LogP contribution in [0.2, 0.25) is 0 Å². The van der Waals surface area contributed by atoms with Gasteiger partial charge in [0.2, 0.25) is 0 Å². The molecule has 1 aromatic heterocycles. The van der Waals surface area contributed by atoms with Crippen molar-refractivity contribution in [2.45, 2.75) is 12.8 Å². The van der Waals surface area contributed by atoms with Gasteiger partial charge in [-0.15, -0.1) is 0 Å². The van der Waals surface area contributed by atoms with Gasteiger partial charge in [-0.05, 0) is 53.4 Å². The monoisotopic (exact) mass is 291 g/mol. The summed E-state index contributed by atoms with van der Waals surface area (Å²) < 4.78 is 5.34. The summed E-state index contributed by atoms with van der Waals surface area (Å²) in [5.74, 6) is -0.263. The number of hydrogen-bond donors (Lipinski definition) is 0. The van der Waals surface area contributed by atoms with Crippen LogP contribution in [0.15, 0.2) is 67.0 Å². The van der Waals surface area contributed by atoms with E-state index in [0.717, 1.165) is 23.6 Å². The molecule has 1 heterocycles. The summed E-state index contributed by atoms with van der Waals surface area (Å²) >= 11 is 0. The molecule has 0 aliphatic rings. The Morgan fingerprint density at radius 3 is 2.55 bits per heavy atom. The number of ether oxygens (including phenoxy) is 1. The molecule has 3 aromatic rings. The van der Waals surface area contributed by atoms with Gasteiger partial charge in [0.25, 0.3) is 0 Å². The number of aromatic nitrogens is 1. The predicted octanol–water partition coefficient (Wildman–Crippen LogP) is 4.02. The maximum atomic E-state index is 12.1. The van der Waals surface area contributed by atoms with E-state index in [4.69, 9.17) is 4.74 Å². The molecule has 0 N–H and O–H groups in total. The van der Waals surface area contributed by atoms with Gasteiger partial charge in [0.1, 0.15) is 0 Å². The Labute approximate surface area is 129 Å². The van der Waals surface area contributed by atoms with Crippen LogP contribution in [0, 0.1) is 0 Å². The molecule has 0 saturated carbocycles. The van der Waals surface area contributed by atoms with Crippen molar-refractivity contribution in [2.75, 3.05) is 6.61 Å². The first-order valence-corrected chi connectivity index (χ1v) is 7.38. The van der Waals surface area contributed by atoms with Gasteiger partial charge in [-0.3, -0.25) is 4.98 Å². The molecule has 0 aliphatic heterocycles. The Morgan fingerprint density at radius 2 is 1.73 bits per heavy atom. The lowest BCUT2D eigenvalue weighted by atomic mass is 10.1. The number of nitrogens with zero attached hydrogens (tertiary/aromatic N) is 1. The summed E-state index contributed by atoms with van der Waals surface area (Å²) in [5, 5.41) is 2.17. The zero-order valence-electron chi connectivity index (χ0n) is 12.2. The zero-order valence-corrected chi connectivity index (χ0v) is 12.2. The first-order valence-electron chi connectivity index (χ1n) is 7.38. The SMILES string of the molecule is O=C(OCCCc1ccncc1)c1ccc2ccccc2c1. The smallest absolute Gasteiger partial charge is 0.338 e. The quantitative estimate of drug-likeness (QED) is 0.526. The van der Waals surface area contributed by atoms with Gasteiger partial charge in [-0.25, -0.2) is 4.79 Å². The minimum absolute atomic E-state index is 0.263. The van der Waals surface area contributed by atoms with Crippen LogP contribution >= 0.6 is 0 Å². The molecule has 0 bridgehead atoms. The van der Waals surface area contributed by atoms with Crippen LogP contribution < -0.4 is 0 Å². The van der Waals surface area contributed by atoms with E-state index in [1.807, 2.05) is 54.6 Å². The van der Waals surface area contributed by atoms with Crippen molar-refractivity contribution in [1.29, 1.82) is 0 Å². The maximum absolute atomic E-state index is 12.1. The fourth-order valence-electron chi connectivity index (χ4n) is 2.39. The highest BCUT2D eigenvalue weighted by Crippen LogP contribution is 2.16. The summed E-state index contributed by atoms with van der Waals surface area (Å²) in [7, 11) is 0. The van der Waals surface area contributed by atoms with E-state index in [9.17, 15) is 4.79 Å². The molecule has 0 unspecified atom stereocenters. The van der Waals surface area contributed by atoms with Crippen molar-refractivity contribution in [1.82, 2.24) is 4.98 Å². The van der Waals surface area contributed by atoms with E-state index in [-0.39, 0.29) is 5.97 Å². The molecular formula is C19H17NO2. The molecule has 2 aromatic carbocycles. The van der Waals surface area contributed by atoms with Crippen LogP contribution in [-0.2, 0) is 11.2 Å². The molecule has 0 aliphatic carbocycles. The van der Waals surface area contributed by atoms with Crippen molar-refractivity contribution in [3.63, 3.8) is 0 Å². The summed E-state index contributed by atoms with van der Waals surface area (Å²) in [6.45, 7) is 0.425. The Bertz CT molecular complexity index is 769. The highest BCUT2D eigenvalue weighted by atomic mass is 16.5. The number of fused-ring (bicyclic) bond motifs is 1. The highest BCUT2D eigenvalue weighted by Gasteiger charge is 2.07. The third-order valence-corrected chi connectivity index (χ3v) is 3.58. The van der Waals surface area contributed by atoms with E-state index in [1.54, 1.807) is 12.4 Å². The standard InChI is InChI=1S/C19H17NO2/c21-19(22-13-3-4-15-9-11-20-12-10-15)18-8-7-16-5-1-2-6-17(16)14-18/h1-2,5-12,14H,3-4,13H2. The third kappa shape index (κ3) is 3.50. The first kappa shape index (κ1) is 14.3. The van der Waals surface area contributed by atoms with Crippen LogP contribution in [0.3, 0.4) is 0 Å². The average molecular weight is 291 g/mol. The van der Waals surface area contributed by atoms with Crippen molar-refractivity contribution in [2.24, 2.45) is 0 Å². The van der Waals surface area contributed by atoms with Crippen molar-refractivity contribution >= 4 is 16.7 Å². The zero-order chi connectivity index (χ0) is 15.2. The average Bonchev–Trinajstić information content (AvgIpc) is 2.59. The van der Waals surface area contributed by atoms with E-state index < -0.39 is 0 Å². The molecule has 0 atom stereocenters. The molecule has 22 heavy (non-hydrogen) atoms. The molecule has 0 amide bonds. The van der Waals surface area contributed by atoms with Crippen LogP contribution in [0.25, 0.3) is 10.8 Å². The van der Waals surface area contributed by atoms with Gasteiger partial charge < -0.3 is 4.74 Å². The number of hydrogen-bond acceptors (Lipinski definition) is 3. The van der Waals surface area contributed by atoms with Gasteiger partial charge in [-0.1, -0.05) is 30.3 Å². The van der Waals surface area contributed by atoms with Crippen LogP contribution in [0.5, 0.6) is 0 Å². The lowest BCUT2D eigenvalue weighted by molar-refractivity contribution is 0.0501. The molecule has 0 fully saturated rings. The van der Waals surface area contributed by atoms with Crippen molar-refractivity contribution < 1.29 is 9.53 Å². The van der Waals surface area contributed by atoms with E-state index in [2.05, 4.69) is 4.98 Å². The number of rotatable bonds is 5. The molecule has 110 valence electrons. The Hall–Kier alpha value is -2.68. The number of pyridine rings is 1. The topological polar surface area (TPSA) is 39.2 Å². The molecule has 3 rings (SSSR count). The highest BCUT2D eigenvalue weighted by molar-refractivity contribution is 5.95. The normalized spacial score (nSPS) is 10.5. The minimum atomic E-state index is -0.263. The van der Waals surface area contributed by atoms with Gasteiger partial charge in [0.15, 0.2) is 0 Å². The van der Waals surface area contributed by atoms with Gasteiger partial charge in [-0.2, -0.15) is 0 Å². The summed E-state index contributed by atoms with van der Waals surface area (Å²) in [5.41, 5.74) is 1.80. The molecule has 0 saturated heterocycles. The van der Waals surface area contributed by atoms with E-state index in [1.165, 1.54) is 5.56 Å². The van der Waals surface area contributed by atoms with Gasteiger partial charge >= 0.3 is 5.97 Å². The third-order valence-electron chi connectivity index (χ3n) is 3.58. The molecular weight excluding hydrogens is 274 g/mol. The second-order valence-electron chi connectivity index (χ2n) is 5.16. The van der Waals surface area contributed by atoms with Gasteiger partial charge in [0.05, 0.1) is 12.2 Å². The van der Waals surface area contributed by atoms with E-state index in [0.29, 0.717) is 12.2 Å². The van der Waals surface area contributed by atoms with Gasteiger partial charge in [0, 0.05) is 12.4 Å². The lowest BCUT2D eigenvalue weighted by Gasteiger charge is -2.06. The molecule has 0 radical (unpaired) electrons. The number of aryl methyl sites for hydroxylation is 1. The number of carbonyl (C=O) groups excluding carboxylic acids is 1. The fraction of sp³-hybridized carbons (Fsp3) is 0.158. The Morgan fingerprint density at radius 1 is 0.955 bits per heavy atom. The largest absolute Gasteiger partial charge is 0.462 e. The number of carbonyl (C=O) groups is 1. The predicted molar refractivity (Wildman–Crippen MR) is 86.8 cm³/mol. The van der Waals surface area contributed by atoms with Crippen molar-refractivity contribution in [3.8, 4) is 0 Å². The number of esters is 1. The maximum Gasteiger partial charge on any atom is 0.338 e. The minimum Gasteiger partial charge on any atom is -0.462 e. The number of benzene rings is 2. The summed E-state index contributed by atoms with van der Waals surface area (Å²) in [6, 6.07) is 17.6. The first-order chi connectivity index (χ1) is 10.8. The summed E-state index contributed by atoms with van der Waals surface area (Å²) in [6.07, 6.45) is 5.24. The van der Waals surface area contributed by atoms with Crippen LogP contribution in [-0.4, -0.2) is 17.6 Å². The lowest BCUT2D eigenvalue weighted by Crippen LogP contribution is -2.07. The van der Waals surface area contributed by atoms with Crippen LogP contribution in [0.4, 0.5) is 0 Å². The van der Waals surface area contributed by atoms with Crippen LogP contribution in [0.1, 0.15) is 22.3 Å².